The molecule has 3 N–H and O–H groups in total. The summed E-state index contributed by atoms with van der Waals surface area (Å²) >= 11 is 0. The third-order valence-corrected chi connectivity index (χ3v) is 4.48. The Morgan fingerprint density at radius 2 is 1.92 bits per heavy atom. The summed E-state index contributed by atoms with van der Waals surface area (Å²) in [7, 11) is 0. The van der Waals surface area contributed by atoms with E-state index in [1.807, 2.05) is 0 Å². The Balaban J connectivity index is 2.42. The van der Waals surface area contributed by atoms with Crippen LogP contribution in [0.25, 0.3) is 0 Å². The average molecular weight is 357 g/mol. The van der Waals surface area contributed by atoms with Crippen LogP contribution in [0.15, 0.2) is 4.99 Å². The topological polar surface area (TPSA) is 69.1 Å². The smallest absolute Gasteiger partial charge is 0.191 e. The van der Waals surface area contributed by atoms with Gasteiger partial charge in [-0.05, 0) is 37.5 Å². The molecule has 1 fully saturated rings. The molecule has 1 aliphatic rings. The molecule has 2 atom stereocenters. The maximum Gasteiger partial charge on any atom is 0.191 e. The van der Waals surface area contributed by atoms with E-state index in [4.69, 9.17) is 9.73 Å². The predicted molar refractivity (Wildman–Crippen MR) is 105 cm³/mol. The second-order valence-electron chi connectivity index (χ2n) is 7.63. The van der Waals surface area contributed by atoms with Gasteiger partial charge in [-0.3, -0.25) is 9.89 Å². The molecule has 148 valence electrons. The number of hydrogen-bond donors (Lipinski definition) is 3. The molecule has 0 bridgehead atoms. The van der Waals surface area contributed by atoms with Gasteiger partial charge in [-0.15, -0.1) is 0 Å². The van der Waals surface area contributed by atoms with Crippen molar-refractivity contribution in [2.24, 2.45) is 22.7 Å². The minimum absolute atomic E-state index is 0.253. The van der Waals surface area contributed by atoms with Crippen LogP contribution in [-0.2, 0) is 4.74 Å². The number of aliphatic imine (C=N–C) groups is 1. The fourth-order valence-electron chi connectivity index (χ4n) is 3.26. The van der Waals surface area contributed by atoms with Gasteiger partial charge in [-0.25, -0.2) is 0 Å². The Labute approximate surface area is 154 Å². The van der Waals surface area contributed by atoms with E-state index in [9.17, 15) is 5.11 Å². The largest absolute Gasteiger partial charge is 0.396 e. The number of ether oxygens (including phenoxy) is 1. The SMILES string of the molecule is CCNC(=NCC(C)CN1CCOCC1)NCC(CCO)CC(C)C. The monoisotopic (exact) mass is 356 g/mol. The Hall–Kier alpha value is -0.850. The molecule has 0 saturated carbocycles. The third-order valence-electron chi connectivity index (χ3n) is 4.48. The molecule has 0 aromatic rings. The molecule has 0 aliphatic carbocycles. The van der Waals surface area contributed by atoms with Crippen LogP contribution >= 0.6 is 0 Å². The fraction of sp³-hybridized carbons (Fsp3) is 0.947. The zero-order chi connectivity index (χ0) is 18.5. The molecular weight excluding hydrogens is 316 g/mol. The van der Waals surface area contributed by atoms with Gasteiger partial charge in [0, 0.05) is 45.9 Å². The highest BCUT2D eigenvalue weighted by molar-refractivity contribution is 5.79. The highest BCUT2D eigenvalue weighted by Gasteiger charge is 2.14. The van der Waals surface area contributed by atoms with Crippen molar-refractivity contribution >= 4 is 5.96 Å². The molecule has 25 heavy (non-hydrogen) atoms. The number of nitrogens with zero attached hydrogens (tertiary/aromatic N) is 2. The lowest BCUT2D eigenvalue weighted by Gasteiger charge is -2.28. The van der Waals surface area contributed by atoms with Gasteiger partial charge in [0.2, 0.25) is 0 Å². The van der Waals surface area contributed by atoms with Gasteiger partial charge in [0.05, 0.1) is 13.2 Å². The molecule has 0 radical (unpaired) electrons. The van der Waals surface area contributed by atoms with Gasteiger partial charge < -0.3 is 20.5 Å². The summed E-state index contributed by atoms with van der Waals surface area (Å²) in [5.41, 5.74) is 0. The molecule has 1 heterocycles. The third kappa shape index (κ3) is 10.7. The van der Waals surface area contributed by atoms with Gasteiger partial charge >= 0.3 is 0 Å². The van der Waals surface area contributed by atoms with Crippen molar-refractivity contribution in [2.75, 3.05) is 59.1 Å². The molecule has 0 aromatic carbocycles. The summed E-state index contributed by atoms with van der Waals surface area (Å²) in [5.74, 6) is 2.55. The highest BCUT2D eigenvalue weighted by atomic mass is 16.5. The second kappa shape index (κ2) is 13.4. The van der Waals surface area contributed by atoms with Crippen LogP contribution < -0.4 is 10.6 Å². The number of aliphatic hydroxyl groups is 1. The molecule has 0 amide bonds. The van der Waals surface area contributed by atoms with Crippen LogP contribution in [0, 0.1) is 17.8 Å². The molecule has 1 aliphatic heterocycles. The van der Waals surface area contributed by atoms with Gasteiger partial charge in [0.15, 0.2) is 5.96 Å². The van der Waals surface area contributed by atoms with Gasteiger partial charge in [0.1, 0.15) is 0 Å². The zero-order valence-electron chi connectivity index (χ0n) is 16.8. The number of hydrogen-bond acceptors (Lipinski definition) is 4. The molecule has 0 aromatic heterocycles. The summed E-state index contributed by atoms with van der Waals surface area (Å²) in [6, 6.07) is 0. The van der Waals surface area contributed by atoms with E-state index in [0.29, 0.717) is 17.8 Å². The number of guanidine groups is 1. The van der Waals surface area contributed by atoms with E-state index < -0.39 is 0 Å². The van der Waals surface area contributed by atoms with E-state index >= 15 is 0 Å². The van der Waals surface area contributed by atoms with Crippen LogP contribution in [0.3, 0.4) is 0 Å². The quantitative estimate of drug-likeness (QED) is 0.387. The first-order valence-corrected chi connectivity index (χ1v) is 9.98. The van der Waals surface area contributed by atoms with Crippen LogP contribution in [-0.4, -0.2) is 75.1 Å². The minimum Gasteiger partial charge on any atom is -0.396 e. The molecule has 6 heteroatoms. The van der Waals surface area contributed by atoms with Crippen LogP contribution in [0.1, 0.15) is 40.5 Å². The van der Waals surface area contributed by atoms with E-state index in [1.165, 1.54) is 0 Å². The fourth-order valence-corrected chi connectivity index (χ4v) is 3.26. The van der Waals surface area contributed by atoms with Crippen molar-refractivity contribution in [3.8, 4) is 0 Å². The Morgan fingerprint density at radius 3 is 2.52 bits per heavy atom. The molecule has 2 unspecified atom stereocenters. The van der Waals surface area contributed by atoms with Gasteiger partial charge in [-0.1, -0.05) is 20.8 Å². The number of nitrogens with one attached hydrogen (secondary N) is 2. The first-order valence-electron chi connectivity index (χ1n) is 9.98. The normalized spacial score (nSPS) is 19.0. The van der Waals surface area contributed by atoms with Crippen LogP contribution in [0.2, 0.25) is 0 Å². The first kappa shape index (κ1) is 22.2. The second-order valence-corrected chi connectivity index (χ2v) is 7.63. The number of morpholine rings is 1. The standard InChI is InChI=1S/C19H40N4O2/c1-5-20-19(22-14-18(6-9-24)12-16(2)3)21-13-17(4)15-23-7-10-25-11-8-23/h16-18,24H,5-15H2,1-4H3,(H2,20,21,22). The van der Waals surface area contributed by atoms with Crippen molar-refractivity contribution in [1.29, 1.82) is 0 Å². The van der Waals surface area contributed by atoms with Crippen molar-refractivity contribution in [3.05, 3.63) is 0 Å². The lowest BCUT2D eigenvalue weighted by atomic mass is 9.94. The predicted octanol–water partition coefficient (Wildman–Crippen LogP) is 1.55. The number of aliphatic hydroxyl groups excluding tert-OH is 1. The maximum atomic E-state index is 9.26. The Kier molecular flexibility index (Phi) is 11.9. The molecular formula is C19H40N4O2. The number of rotatable bonds is 11. The van der Waals surface area contributed by atoms with E-state index in [-0.39, 0.29) is 6.61 Å². The molecule has 0 spiro atoms. The van der Waals surface area contributed by atoms with Crippen molar-refractivity contribution in [3.63, 3.8) is 0 Å². The van der Waals surface area contributed by atoms with Crippen molar-refractivity contribution in [1.82, 2.24) is 15.5 Å². The summed E-state index contributed by atoms with van der Waals surface area (Å²) in [6.07, 6.45) is 1.97. The minimum atomic E-state index is 0.253. The average Bonchev–Trinajstić information content (AvgIpc) is 2.58. The van der Waals surface area contributed by atoms with Crippen LogP contribution in [0.4, 0.5) is 0 Å². The van der Waals surface area contributed by atoms with E-state index in [1.54, 1.807) is 0 Å². The van der Waals surface area contributed by atoms with Crippen molar-refractivity contribution in [2.45, 2.75) is 40.5 Å². The highest BCUT2D eigenvalue weighted by Crippen LogP contribution is 2.14. The zero-order valence-corrected chi connectivity index (χ0v) is 16.8. The Morgan fingerprint density at radius 1 is 1.20 bits per heavy atom. The van der Waals surface area contributed by atoms with Crippen LogP contribution in [0.5, 0.6) is 0 Å². The first-order chi connectivity index (χ1) is 12.0. The summed E-state index contributed by atoms with van der Waals surface area (Å²) in [5, 5.41) is 16.1. The molecule has 6 nitrogen and oxygen atoms in total. The maximum absolute atomic E-state index is 9.26. The van der Waals surface area contributed by atoms with Gasteiger partial charge in [0.25, 0.3) is 0 Å². The lowest BCUT2D eigenvalue weighted by molar-refractivity contribution is 0.0323. The molecule has 1 saturated heterocycles. The summed E-state index contributed by atoms with van der Waals surface area (Å²) in [6.45, 7) is 16.5. The lowest BCUT2D eigenvalue weighted by Crippen LogP contribution is -2.41. The molecule has 1 rings (SSSR count). The van der Waals surface area contributed by atoms with Crippen molar-refractivity contribution < 1.29 is 9.84 Å². The van der Waals surface area contributed by atoms with E-state index in [2.05, 4.69) is 43.2 Å². The Bertz CT molecular complexity index is 357. The van der Waals surface area contributed by atoms with Gasteiger partial charge in [-0.2, -0.15) is 0 Å². The summed E-state index contributed by atoms with van der Waals surface area (Å²) < 4.78 is 5.41. The van der Waals surface area contributed by atoms with E-state index in [0.717, 1.165) is 71.3 Å². The summed E-state index contributed by atoms with van der Waals surface area (Å²) in [4.78, 5) is 7.23.